The fourth-order valence-corrected chi connectivity index (χ4v) is 3.08. The summed E-state index contributed by atoms with van der Waals surface area (Å²) in [5.41, 5.74) is 2.47. The van der Waals surface area contributed by atoms with Crippen LogP contribution in [0.25, 0.3) is 0 Å². The predicted molar refractivity (Wildman–Crippen MR) is 81.2 cm³/mol. The maximum absolute atomic E-state index is 4.65. The number of rotatable bonds is 5. The normalized spacial score (nSPS) is 10.8. The minimum absolute atomic E-state index is 0.922. The number of hydrogen-bond donors (Lipinski definition) is 1. The van der Waals surface area contributed by atoms with Gasteiger partial charge in [0.15, 0.2) is 0 Å². The van der Waals surface area contributed by atoms with Gasteiger partial charge in [0, 0.05) is 22.3 Å². The summed E-state index contributed by atoms with van der Waals surface area (Å²) < 4.78 is 1.12. The van der Waals surface area contributed by atoms with Crippen LogP contribution in [0.4, 0.5) is 0 Å². The summed E-state index contributed by atoms with van der Waals surface area (Å²) in [6, 6.07) is 8.44. The van der Waals surface area contributed by atoms with Gasteiger partial charge >= 0.3 is 0 Å². The number of halogens is 1. The molecular weight excluding hydrogens is 308 g/mol. The molecule has 0 spiro atoms. The fourth-order valence-electron chi connectivity index (χ4n) is 1.74. The largest absolute Gasteiger partial charge is 0.312 e. The van der Waals surface area contributed by atoms with Crippen molar-refractivity contribution in [3.8, 4) is 0 Å². The Morgan fingerprint density at radius 1 is 1.28 bits per heavy atom. The third-order valence-corrected chi connectivity index (χ3v) is 4.43. The van der Waals surface area contributed by atoms with Gasteiger partial charge in [0.2, 0.25) is 0 Å². The average molecular weight is 325 g/mol. The lowest BCUT2D eigenvalue weighted by molar-refractivity contribution is 0.731. The molecule has 0 saturated carbocycles. The molecule has 0 saturated heterocycles. The molecule has 0 unspecified atom stereocenters. The Bertz CT molecular complexity index is 505. The summed E-state index contributed by atoms with van der Waals surface area (Å²) in [5.74, 6) is 0. The van der Waals surface area contributed by atoms with Crippen LogP contribution in [0.1, 0.15) is 28.1 Å². The van der Waals surface area contributed by atoms with Gasteiger partial charge in [-0.3, -0.25) is 0 Å². The molecule has 96 valence electrons. The van der Waals surface area contributed by atoms with Crippen LogP contribution in [-0.2, 0) is 13.0 Å². The van der Waals surface area contributed by atoms with Crippen molar-refractivity contribution in [2.75, 3.05) is 6.54 Å². The van der Waals surface area contributed by atoms with E-state index in [0.29, 0.717) is 0 Å². The Kier molecular flexibility index (Phi) is 4.92. The standard InChI is InChI=1S/C14H17BrN2S/c1-3-16-9-13-10(2)17-14(18-13)8-11-4-6-12(15)7-5-11/h4-7,16H,3,8-9H2,1-2H3. The van der Waals surface area contributed by atoms with Gasteiger partial charge in [-0.2, -0.15) is 0 Å². The zero-order chi connectivity index (χ0) is 13.0. The lowest BCUT2D eigenvalue weighted by Crippen LogP contribution is -2.11. The summed E-state index contributed by atoms with van der Waals surface area (Å²) in [5, 5.41) is 4.55. The highest BCUT2D eigenvalue weighted by molar-refractivity contribution is 9.10. The van der Waals surface area contributed by atoms with E-state index < -0.39 is 0 Å². The SMILES string of the molecule is CCNCc1sc(Cc2ccc(Br)cc2)nc1C. The summed E-state index contributed by atoms with van der Waals surface area (Å²) >= 11 is 5.27. The highest BCUT2D eigenvalue weighted by Crippen LogP contribution is 2.21. The molecule has 0 amide bonds. The third kappa shape index (κ3) is 3.64. The monoisotopic (exact) mass is 324 g/mol. The molecule has 1 aromatic carbocycles. The van der Waals surface area contributed by atoms with Crippen LogP contribution in [-0.4, -0.2) is 11.5 Å². The second-order valence-corrected chi connectivity index (χ2v) is 6.28. The van der Waals surface area contributed by atoms with Gasteiger partial charge in [0.05, 0.1) is 10.7 Å². The first-order chi connectivity index (χ1) is 8.69. The van der Waals surface area contributed by atoms with Crippen molar-refractivity contribution < 1.29 is 0 Å². The molecule has 0 bridgehead atoms. The van der Waals surface area contributed by atoms with E-state index in [1.165, 1.54) is 15.4 Å². The minimum Gasteiger partial charge on any atom is -0.312 e. The maximum atomic E-state index is 4.65. The Balaban J connectivity index is 2.07. The number of benzene rings is 1. The van der Waals surface area contributed by atoms with Gasteiger partial charge in [-0.25, -0.2) is 4.98 Å². The van der Waals surface area contributed by atoms with Gasteiger partial charge in [-0.15, -0.1) is 11.3 Å². The first-order valence-electron chi connectivity index (χ1n) is 6.09. The van der Waals surface area contributed by atoms with E-state index in [0.717, 1.165) is 29.7 Å². The van der Waals surface area contributed by atoms with Gasteiger partial charge in [-0.1, -0.05) is 35.0 Å². The first-order valence-corrected chi connectivity index (χ1v) is 7.70. The van der Waals surface area contributed by atoms with E-state index in [-0.39, 0.29) is 0 Å². The molecule has 2 aromatic rings. The molecule has 0 aliphatic rings. The molecule has 2 nitrogen and oxygen atoms in total. The zero-order valence-electron chi connectivity index (χ0n) is 10.7. The lowest BCUT2D eigenvalue weighted by Gasteiger charge is -1.98. The van der Waals surface area contributed by atoms with Crippen molar-refractivity contribution in [1.29, 1.82) is 0 Å². The predicted octanol–water partition coefficient (Wildman–Crippen LogP) is 3.91. The maximum Gasteiger partial charge on any atom is 0.0975 e. The number of hydrogen-bond acceptors (Lipinski definition) is 3. The molecule has 0 atom stereocenters. The quantitative estimate of drug-likeness (QED) is 0.901. The molecule has 1 aromatic heterocycles. The number of thiazole rings is 1. The Labute approximate surface area is 121 Å². The van der Waals surface area contributed by atoms with Gasteiger partial charge < -0.3 is 5.32 Å². The van der Waals surface area contributed by atoms with Gasteiger partial charge in [0.1, 0.15) is 0 Å². The molecular formula is C14H17BrN2S. The van der Waals surface area contributed by atoms with Crippen molar-refractivity contribution in [2.24, 2.45) is 0 Å². The number of aromatic nitrogens is 1. The van der Waals surface area contributed by atoms with E-state index in [2.05, 4.69) is 64.3 Å². The number of nitrogens with one attached hydrogen (secondary N) is 1. The minimum atomic E-state index is 0.922. The van der Waals surface area contributed by atoms with E-state index >= 15 is 0 Å². The van der Waals surface area contributed by atoms with E-state index in [1.807, 2.05) is 11.3 Å². The summed E-state index contributed by atoms with van der Waals surface area (Å²) in [6.07, 6.45) is 0.922. The van der Waals surface area contributed by atoms with Crippen LogP contribution < -0.4 is 5.32 Å². The van der Waals surface area contributed by atoms with Crippen molar-refractivity contribution >= 4 is 27.3 Å². The topological polar surface area (TPSA) is 24.9 Å². The van der Waals surface area contributed by atoms with Gasteiger partial charge in [0.25, 0.3) is 0 Å². The highest BCUT2D eigenvalue weighted by atomic mass is 79.9. The summed E-state index contributed by atoms with van der Waals surface area (Å²) in [6.45, 7) is 6.15. The van der Waals surface area contributed by atoms with Crippen LogP contribution in [0, 0.1) is 6.92 Å². The summed E-state index contributed by atoms with van der Waals surface area (Å²) in [4.78, 5) is 6.00. The van der Waals surface area contributed by atoms with E-state index in [9.17, 15) is 0 Å². The van der Waals surface area contributed by atoms with Crippen LogP contribution in [0.5, 0.6) is 0 Å². The molecule has 0 aliphatic carbocycles. The molecule has 0 fully saturated rings. The third-order valence-electron chi connectivity index (χ3n) is 2.74. The molecule has 1 heterocycles. The fraction of sp³-hybridized carbons (Fsp3) is 0.357. The van der Waals surface area contributed by atoms with Crippen molar-refractivity contribution in [3.05, 3.63) is 49.9 Å². The van der Waals surface area contributed by atoms with E-state index in [1.54, 1.807) is 0 Å². The smallest absolute Gasteiger partial charge is 0.0975 e. The second kappa shape index (κ2) is 6.45. The second-order valence-electron chi connectivity index (χ2n) is 4.20. The summed E-state index contributed by atoms with van der Waals surface area (Å²) in [7, 11) is 0. The molecule has 1 N–H and O–H groups in total. The van der Waals surface area contributed by atoms with Crippen LogP contribution in [0.2, 0.25) is 0 Å². The zero-order valence-corrected chi connectivity index (χ0v) is 13.1. The van der Waals surface area contributed by atoms with Crippen LogP contribution in [0.15, 0.2) is 28.7 Å². The molecule has 4 heteroatoms. The average Bonchev–Trinajstić information content (AvgIpc) is 2.70. The van der Waals surface area contributed by atoms with E-state index in [4.69, 9.17) is 0 Å². The van der Waals surface area contributed by atoms with Crippen LogP contribution >= 0.6 is 27.3 Å². The highest BCUT2D eigenvalue weighted by Gasteiger charge is 2.07. The molecule has 18 heavy (non-hydrogen) atoms. The van der Waals surface area contributed by atoms with Crippen molar-refractivity contribution in [3.63, 3.8) is 0 Å². The van der Waals surface area contributed by atoms with Crippen molar-refractivity contribution in [1.82, 2.24) is 10.3 Å². The number of nitrogens with zero attached hydrogens (tertiary/aromatic N) is 1. The Hall–Kier alpha value is -0.710. The molecule has 0 aliphatic heterocycles. The van der Waals surface area contributed by atoms with Crippen LogP contribution in [0.3, 0.4) is 0 Å². The Morgan fingerprint density at radius 2 is 2.00 bits per heavy atom. The molecule has 0 radical (unpaired) electrons. The van der Waals surface area contributed by atoms with Gasteiger partial charge in [-0.05, 0) is 31.2 Å². The first kappa shape index (κ1) is 13.7. The Morgan fingerprint density at radius 3 is 2.67 bits per heavy atom. The number of aryl methyl sites for hydroxylation is 1. The molecule has 2 rings (SSSR count). The van der Waals surface area contributed by atoms with Crippen molar-refractivity contribution in [2.45, 2.75) is 26.8 Å². The lowest BCUT2D eigenvalue weighted by atomic mass is 10.2.